The summed E-state index contributed by atoms with van der Waals surface area (Å²) in [6.07, 6.45) is 0.0291. The first-order valence-corrected chi connectivity index (χ1v) is 6.54. The van der Waals surface area contributed by atoms with E-state index in [9.17, 15) is 20.0 Å². The predicted octanol–water partition coefficient (Wildman–Crippen LogP) is 2.14. The van der Waals surface area contributed by atoms with Crippen molar-refractivity contribution >= 4 is 23.2 Å². The number of amides is 1. The van der Waals surface area contributed by atoms with E-state index in [4.69, 9.17) is 11.6 Å². The molecule has 0 saturated heterocycles. The summed E-state index contributed by atoms with van der Waals surface area (Å²) in [7, 11) is 0. The average molecular weight is 299 g/mol. The van der Waals surface area contributed by atoms with Gasteiger partial charge in [0.05, 0.1) is 11.0 Å². The van der Waals surface area contributed by atoms with E-state index in [0.29, 0.717) is 6.42 Å². The third kappa shape index (κ3) is 2.48. The number of nitro benzene ring substituents is 1. The number of aliphatic hydroxyl groups is 1. The highest BCUT2D eigenvalue weighted by Gasteiger charge is 2.48. The fourth-order valence-electron chi connectivity index (χ4n) is 2.18. The van der Waals surface area contributed by atoms with Gasteiger partial charge in [-0.1, -0.05) is 25.4 Å². The summed E-state index contributed by atoms with van der Waals surface area (Å²) in [4.78, 5) is 22.2. The highest BCUT2D eigenvalue weighted by molar-refractivity contribution is 6.32. The molecular weight excluding hydrogens is 284 g/mol. The molecular formula is C13H15ClN2O4. The van der Waals surface area contributed by atoms with E-state index in [1.54, 1.807) is 0 Å². The van der Waals surface area contributed by atoms with Crippen LogP contribution in [0.4, 0.5) is 5.69 Å². The van der Waals surface area contributed by atoms with Crippen LogP contribution in [0.2, 0.25) is 5.02 Å². The molecule has 7 heteroatoms. The standard InChI is InChI=1S/C13H15ClN2O4/c1-13(2)10(6-11(13)17)15-12(18)7-3-4-8(14)9(5-7)16(19)20/h3-5,10-11,17H,6H2,1-2H3,(H,15,18). The Bertz CT molecular complexity index is 573. The molecule has 20 heavy (non-hydrogen) atoms. The zero-order valence-electron chi connectivity index (χ0n) is 11.1. The lowest BCUT2D eigenvalue weighted by Gasteiger charge is -2.49. The van der Waals surface area contributed by atoms with E-state index in [-0.39, 0.29) is 22.3 Å². The Labute approximate surface area is 120 Å². The maximum Gasteiger partial charge on any atom is 0.288 e. The summed E-state index contributed by atoms with van der Waals surface area (Å²) in [5.41, 5.74) is -0.515. The number of halogens is 1. The van der Waals surface area contributed by atoms with Crippen molar-refractivity contribution in [1.82, 2.24) is 5.32 Å². The molecule has 108 valence electrons. The van der Waals surface area contributed by atoms with Gasteiger partial charge in [0.1, 0.15) is 5.02 Å². The number of nitro groups is 1. The van der Waals surface area contributed by atoms with Gasteiger partial charge in [-0.15, -0.1) is 0 Å². The summed E-state index contributed by atoms with van der Waals surface area (Å²) in [5, 5.41) is 23.2. The zero-order chi connectivity index (χ0) is 15.1. The van der Waals surface area contributed by atoms with Crippen molar-refractivity contribution in [2.24, 2.45) is 5.41 Å². The first-order valence-electron chi connectivity index (χ1n) is 6.16. The van der Waals surface area contributed by atoms with Gasteiger partial charge in [-0.2, -0.15) is 0 Å². The Morgan fingerprint density at radius 2 is 2.20 bits per heavy atom. The molecule has 1 aromatic carbocycles. The Morgan fingerprint density at radius 1 is 1.55 bits per heavy atom. The molecule has 2 atom stereocenters. The Morgan fingerprint density at radius 3 is 2.70 bits per heavy atom. The van der Waals surface area contributed by atoms with Crippen molar-refractivity contribution in [2.45, 2.75) is 32.4 Å². The minimum absolute atomic E-state index is 0.00838. The molecule has 0 heterocycles. The van der Waals surface area contributed by atoms with Gasteiger partial charge in [-0.25, -0.2) is 0 Å². The van der Waals surface area contributed by atoms with Gasteiger partial charge < -0.3 is 10.4 Å². The number of hydrogen-bond acceptors (Lipinski definition) is 4. The van der Waals surface area contributed by atoms with Crippen LogP contribution >= 0.6 is 11.6 Å². The van der Waals surface area contributed by atoms with Crippen LogP contribution in [0.1, 0.15) is 30.6 Å². The molecule has 2 unspecified atom stereocenters. The number of carbonyl (C=O) groups excluding carboxylic acids is 1. The number of carbonyl (C=O) groups is 1. The first kappa shape index (κ1) is 14.7. The second-order valence-electron chi connectivity index (χ2n) is 5.52. The number of hydrogen-bond donors (Lipinski definition) is 2. The molecule has 1 aromatic rings. The minimum Gasteiger partial charge on any atom is -0.392 e. The molecule has 1 aliphatic carbocycles. The summed E-state index contributed by atoms with van der Waals surface area (Å²) in [5.74, 6) is -0.408. The lowest BCUT2D eigenvalue weighted by Crippen LogP contribution is -2.61. The van der Waals surface area contributed by atoms with Crippen molar-refractivity contribution in [1.29, 1.82) is 0 Å². The highest BCUT2D eigenvalue weighted by atomic mass is 35.5. The van der Waals surface area contributed by atoms with Crippen LogP contribution in [0.3, 0.4) is 0 Å². The monoisotopic (exact) mass is 298 g/mol. The van der Waals surface area contributed by atoms with Crippen molar-refractivity contribution in [3.05, 3.63) is 38.9 Å². The fraction of sp³-hybridized carbons (Fsp3) is 0.462. The lowest BCUT2D eigenvalue weighted by molar-refractivity contribution is -0.384. The number of nitrogens with one attached hydrogen (secondary N) is 1. The van der Waals surface area contributed by atoms with Crippen LogP contribution in [0, 0.1) is 15.5 Å². The van der Waals surface area contributed by atoms with Crippen LogP contribution in [0.15, 0.2) is 18.2 Å². The van der Waals surface area contributed by atoms with E-state index in [1.165, 1.54) is 12.1 Å². The SMILES string of the molecule is CC1(C)C(O)CC1NC(=O)c1ccc(Cl)c([N+](=O)[O-])c1. The van der Waals surface area contributed by atoms with E-state index in [0.717, 1.165) is 6.07 Å². The average Bonchev–Trinajstić information content (AvgIpc) is 2.38. The molecule has 2 N–H and O–H groups in total. The lowest BCUT2D eigenvalue weighted by atomic mass is 9.64. The second kappa shape index (κ2) is 5.03. The maximum absolute atomic E-state index is 12.1. The molecule has 0 aliphatic heterocycles. The summed E-state index contributed by atoms with van der Waals surface area (Å²) in [6.45, 7) is 3.72. The van der Waals surface area contributed by atoms with Gasteiger partial charge in [0.2, 0.25) is 0 Å². The normalized spacial score (nSPS) is 23.8. The number of nitrogens with zero attached hydrogens (tertiary/aromatic N) is 1. The van der Waals surface area contributed by atoms with Crippen LogP contribution in [0.5, 0.6) is 0 Å². The number of benzene rings is 1. The summed E-state index contributed by atoms with van der Waals surface area (Å²) in [6, 6.07) is 3.77. The largest absolute Gasteiger partial charge is 0.392 e. The Hall–Kier alpha value is -1.66. The van der Waals surface area contributed by atoms with Gasteiger partial charge in [0, 0.05) is 23.1 Å². The topological polar surface area (TPSA) is 92.5 Å². The van der Waals surface area contributed by atoms with Crippen LogP contribution in [-0.2, 0) is 0 Å². The minimum atomic E-state index is -0.629. The van der Waals surface area contributed by atoms with Crippen molar-refractivity contribution in [2.75, 3.05) is 0 Å². The quantitative estimate of drug-likeness (QED) is 0.660. The molecule has 0 spiro atoms. The number of rotatable bonds is 3. The van der Waals surface area contributed by atoms with Crippen LogP contribution in [-0.4, -0.2) is 28.1 Å². The van der Waals surface area contributed by atoms with Crippen molar-refractivity contribution < 1.29 is 14.8 Å². The van der Waals surface area contributed by atoms with Crippen molar-refractivity contribution in [3.8, 4) is 0 Å². The molecule has 2 rings (SSSR count). The summed E-state index contributed by atoms with van der Waals surface area (Å²) < 4.78 is 0. The number of aliphatic hydroxyl groups excluding tert-OH is 1. The molecule has 0 bridgehead atoms. The second-order valence-corrected chi connectivity index (χ2v) is 5.93. The molecule has 1 fully saturated rings. The van der Waals surface area contributed by atoms with Gasteiger partial charge in [0.25, 0.3) is 11.6 Å². The molecule has 1 aliphatic rings. The van der Waals surface area contributed by atoms with Crippen LogP contribution in [0.25, 0.3) is 0 Å². The van der Waals surface area contributed by atoms with Gasteiger partial charge >= 0.3 is 0 Å². The fourth-order valence-corrected chi connectivity index (χ4v) is 2.37. The molecule has 1 amide bonds. The van der Waals surface area contributed by atoms with Gasteiger partial charge in [-0.3, -0.25) is 14.9 Å². The van der Waals surface area contributed by atoms with E-state index in [1.807, 2.05) is 13.8 Å². The van der Waals surface area contributed by atoms with E-state index < -0.39 is 22.3 Å². The van der Waals surface area contributed by atoms with Gasteiger partial charge in [0.15, 0.2) is 0 Å². The third-order valence-corrected chi connectivity index (χ3v) is 4.25. The predicted molar refractivity (Wildman–Crippen MR) is 73.8 cm³/mol. The highest BCUT2D eigenvalue weighted by Crippen LogP contribution is 2.40. The molecule has 0 radical (unpaired) electrons. The Balaban J connectivity index is 2.15. The van der Waals surface area contributed by atoms with E-state index in [2.05, 4.69) is 5.32 Å². The van der Waals surface area contributed by atoms with Gasteiger partial charge in [-0.05, 0) is 18.6 Å². The van der Waals surface area contributed by atoms with Crippen LogP contribution < -0.4 is 5.32 Å². The van der Waals surface area contributed by atoms with Crippen molar-refractivity contribution in [3.63, 3.8) is 0 Å². The summed E-state index contributed by atoms with van der Waals surface area (Å²) >= 11 is 5.70. The molecule has 1 saturated carbocycles. The molecule has 6 nitrogen and oxygen atoms in total. The third-order valence-electron chi connectivity index (χ3n) is 3.93. The first-order chi connectivity index (χ1) is 9.23. The maximum atomic E-state index is 12.1. The smallest absolute Gasteiger partial charge is 0.288 e. The molecule has 0 aromatic heterocycles. The van der Waals surface area contributed by atoms with E-state index >= 15 is 0 Å². The Kier molecular flexibility index (Phi) is 3.71. The zero-order valence-corrected chi connectivity index (χ0v) is 11.8.